The third kappa shape index (κ3) is 6.82. The Labute approximate surface area is 275 Å². The van der Waals surface area contributed by atoms with Gasteiger partial charge in [-0.25, -0.2) is 4.79 Å². The van der Waals surface area contributed by atoms with Gasteiger partial charge in [-0.1, -0.05) is 0 Å². The molecule has 1 aromatic carbocycles. The van der Waals surface area contributed by atoms with Gasteiger partial charge in [0, 0.05) is 18.0 Å². The lowest BCUT2D eigenvalue weighted by molar-refractivity contribution is -0.482. The van der Waals surface area contributed by atoms with E-state index >= 15 is 0 Å². The van der Waals surface area contributed by atoms with Gasteiger partial charge < -0.3 is 5.32 Å². The zero-order valence-corrected chi connectivity index (χ0v) is 24.7. The second kappa shape index (κ2) is 13.3. The molecule has 4 nitrogen and oxygen atoms in total. The van der Waals surface area contributed by atoms with Crippen molar-refractivity contribution in [3.63, 3.8) is 0 Å². The van der Waals surface area contributed by atoms with Crippen LogP contribution in [0.15, 0.2) is 23.2 Å². The van der Waals surface area contributed by atoms with Gasteiger partial charge in [0.05, 0.1) is 5.69 Å². The lowest BCUT2D eigenvalue weighted by atomic mass is 9.84. The van der Waals surface area contributed by atoms with Gasteiger partial charge in [-0.15, -0.1) is 0 Å². The number of nitrogens with zero attached hydrogens (tertiary/aromatic N) is 1. The number of nitrogens with one attached hydrogen (secondary N) is 1. The van der Waals surface area contributed by atoms with Crippen LogP contribution in [-0.2, 0) is 4.79 Å². The van der Waals surface area contributed by atoms with E-state index in [0.29, 0.717) is 6.07 Å². The molecule has 53 heavy (non-hydrogen) atoms. The molecular formula is C24H13F25N2O2. The van der Waals surface area contributed by atoms with E-state index in [4.69, 9.17) is 0 Å². The van der Waals surface area contributed by atoms with Gasteiger partial charge in [-0.05, 0) is 37.6 Å². The van der Waals surface area contributed by atoms with Crippen molar-refractivity contribution in [2.75, 3.05) is 0 Å². The number of aryl methyl sites for hydroxylation is 1. The number of hydrogen-bond donors (Lipinski definition) is 1. The van der Waals surface area contributed by atoms with Gasteiger partial charge in [0.25, 0.3) is 5.91 Å². The highest BCUT2D eigenvalue weighted by Gasteiger charge is 2.99. The molecule has 1 unspecified atom stereocenters. The molecule has 0 saturated carbocycles. The van der Waals surface area contributed by atoms with Crippen LogP contribution in [0, 0.1) is 6.92 Å². The van der Waals surface area contributed by atoms with Gasteiger partial charge in [-0.3, -0.25) is 4.79 Å². The normalized spacial score (nSPS) is 15.9. The Hall–Kier alpha value is -3.68. The fourth-order valence-corrected chi connectivity index (χ4v) is 3.87. The van der Waals surface area contributed by atoms with Gasteiger partial charge in [0.1, 0.15) is 0 Å². The molecule has 0 aliphatic rings. The maximum Gasteiger partial charge on any atom is 0.460 e. The number of carbonyl (C=O) groups is 1. The van der Waals surface area contributed by atoms with E-state index in [-0.39, 0.29) is 12.5 Å². The summed E-state index contributed by atoms with van der Waals surface area (Å²) in [6, 6.07) is -0.170. The van der Waals surface area contributed by atoms with Crippen LogP contribution in [0.25, 0.3) is 0 Å². The number of aliphatic imine (C=N–C) groups is 1. The summed E-state index contributed by atoms with van der Waals surface area (Å²) in [5.41, 5.74) is -1.06. The number of benzene rings is 1. The summed E-state index contributed by atoms with van der Waals surface area (Å²) < 4.78 is 341. The van der Waals surface area contributed by atoms with Gasteiger partial charge >= 0.3 is 71.3 Å². The number of isocyanates is 1. The van der Waals surface area contributed by atoms with E-state index < -0.39 is 101 Å². The number of amides is 1. The molecule has 0 spiro atoms. The molecule has 0 bridgehead atoms. The Morgan fingerprint density at radius 3 is 1.21 bits per heavy atom. The third-order valence-corrected chi connectivity index (χ3v) is 6.80. The monoisotopic (exact) mass is 836 g/mol. The van der Waals surface area contributed by atoms with Crippen LogP contribution in [0.3, 0.4) is 0 Å². The fraction of sp³-hybridized carbons (Fsp3) is 0.667. The number of alkyl halides is 25. The van der Waals surface area contributed by atoms with Gasteiger partial charge in [0.2, 0.25) is 6.08 Å². The molecule has 0 aliphatic heterocycles. The fourth-order valence-electron chi connectivity index (χ4n) is 3.87. The molecule has 0 radical (unpaired) electrons. The molecular weight excluding hydrogens is 823 g/mol. The first-order valence-corrected chi connectivity index (χ1v) is 12.7. The minimum Gasteiger partial charge on any atom is -0.349 e. The SMILES string of the molecule is Cc1cc(N=C=O)cc(C(=O)NC(C)CC(F)(F)C(F)(F)C(F)(F)C(F)(F)C(F)(F)C(F)(F)C(F)(F)C(F)(F)C(F)(F)C(F)(F)C(F)(F)C(F)(F)F)c1. The van der Waals surface area contributed by atoms with E-state index in [1.54, 1.807) is 0 Å². The predicted molar refractivity (Wildman–Crippen MR) is 121 cm³/mol. The summed E-state index contributed by atoms with van der Waals surface area (Å²) in [6.45, 7) is 1.34. The second-order valence-electron chi connectivity index (χ2n) is 10.8. The highest BCUT2D eigenvalue weighted by Crippen LogP contribution is 2.68. The Morgan fingerprint density at radius 1 is 0.566 bits per heavy atom. The topological polar surface area (TPSA) is 58.5 Å². The van der Waals surface area contributed by atoms with Crippen molar-refractivity contribution in [3.05, 3.63) is 29.3 Å². The number of hydrogen-bond acceptors (Lipinski definition) is 3. The Kier molecular flexibility index (Phi) is 11.8. The molecule has 1 aromatic rings. The first-order valence-electron chi connectivity index (χ1n) is 12.7. The summed E-state index contributed by atoms with van der Waals surface area (Å²) in [5.74, 6) is -101. The van der Waals surface area contributed by atoms with Crippen molar-refractivity contribution < 1.29 is 119 Å². The van der Waals surface area contributed by atoms with Crippen LogP contribution in [-0.4, -0.2) is 89.4 Å². The highest BCUT2D eigenvalue weighted by atomic mass is 19.4. The molecule has 0 fully saturated rings. The molecule has 0 aromatic heterocycles. The quantitative estimate of drug-likeness (QED) is 0.109. The number of rotatable bonds is 15. The second-order valence-corrected chi connectivity index (χ2v) is 10.8. The number of halogens is 25. The Bertz CT molecular complexity index is 1570. The van der Waals surface area contributed by atoms with Gasteiger partial charge in [0.15, 0.2) is 0 Å². The zero-order valence-electron chi connectivity index (χ0n) is 24.7. The Balaban J connectivity index is 3.68. The van der Waals surface area contributed by atoms with Crippen molar-refractivity contribution in [3.8, 4) is 0 Å². The smallest absolute Gasteiger partial charge is 0.349 e. The van der Waals surface area contributed by atoms with Crippen LogP contribution in [0.2, 0.25) is 0 Å². The molecule has 1 atom stereocenters. The van der Waals surface area contributed by atoms with Crippen molar-refractivity contribution in [2.45, 2.75) is 97.6 Å². The molecule has 306 valence electrons. The van der Waals surface area contributed by atoms with Crippen molar-refractivity contribution in [1.82, 2.24) is 5.32 Å². The average Bonchev–Trinajstić information content (AvgIpc) is 2.94. The van der Waals surface area contributed by atoms with Crippen LogP contribution in [0.4, 0.5) is 115 Å². The van der Waals surface area contributed by atoms with Crippen molar-refractivity contribution in [1.29, 1.82) is 0 Å². The summed E-state index contributed by atoms with van der Waals surface area (Å²) in [7, 11) is 0. The van der Waals surface area contributed by atoms with Crippen LogP contribution < -0.4 is 5.32 Å². The van der Waals surface area contributed by atoms with Crippen molar-refractivity contribution >= 4 is 17.7 Å². The van der Waals surface area contributed by atoms with Crippen molar-refractivity contribution in [2.24, 2.45) is 4.99 Å². The minimum atomic E-state index is -9.67. The van der Waals surface area contributed by atoms with Crippen LogP contribution in [0.5, 0.6) is 0 Å². The lowest BCUT2D eigenvalue weighted by Crippen LogP contribution is -2.78. The first-order chi connectivity index (χ1) is 23.0. The summed E-state index contributed by atoms with van der Waals surface area (Å²) in [5, 5.41) is 1.32. The molecule has 0 saturated heterocycles. The summed E-state index contributed by atoms with van der Waals surface area (Å²) in [6.07, 6.45) is -10.4. The highest BCUT2D eigenvalue weighted by molar-refractivity contribution is 5.95. The molecule has 0 aliphatic carbocycles. The zero-order chi connectivity index (χ0) is 42.8. The molecule has 1 amide bonds. The molecule has 29 heteroatoms. The van der Waals surface area contributed by atoms with Crippen LogP contribution >= 0.6 is 0 Å². The van der Waals surface area contributed by atoms with E-state index in [9.17, 15) is 119 Å². The van der Waals surface area contributed by atoms with Gasteiger partial charge in [-0.2, -0.15) is 115 Å². The maximum absolute atomic E-state index is 14.3. The maximum atomic E-state index is 14.3. The standard InChI is InChI=1S/C24H13F25N2O2/c1-8-3-10(5-11(4-8)50-7-52)12(53)51-9(2)6-13(25,26)14(27,28)15(29,30)16(31,32)17(33,34)18(35,36)19(37,38)20(39,40)21(41,42)22(43,44)23(45,46)24(47,48)49/h3-5,9H,6H2,1-2H3,(H,51,53). The predicted octanol–water partition coefficient (Wildman–Crippen LogP) is 10.0. The largest absolute Gasteiger partial charge is 0.460 e. The van der Waals surface area contributed by atoms with E-state index in [0.717, 1.165) is 18.2 Å². The van der Waals surface area contributed by atoms with Crippen LogP contribution in [0.1, 0.15) is 29.3 Å². The average molecular weight is 836 g/mol. The summed E-state index contributed by atoms with van der Waals surface area (Å²) in [4.78, 5) is 25.6. The molecule has 0 heterocycles. The third-order valence-electron chi connectivity index (χ3n) is 6.80. The summed E-state index contributed by atoms with van der Waals surface area (Å²) >= 11 is 0. The van der Waals surface area contributed by atoms with E-state index in [2.05, 4.69) is 4.99 Å². The molecule has 1 rings (SSSR count). The molecule has 1 N–H and O–H groups in total. The lowest BCUT2D eigenvalue weighted by Gasteiger charge is -2.45. The van der Waals surface area contributed by atoms with E-state index in [1.807, 2.05) is 0 Å². The van der Waals surface area contributed by atoms with E-state index in [1.165, 1.54) is 12.2 Å². The Morgan fingerprint density at radius 2 is 0.887 bits per heavy atom. The minimum absolute atomic E-state index is 0.0378. The number of carbonyl (C=O) groups excluding carboxylic acids is 2. The first kappa shape index (κ1) is 47.3.